The first kappa shape index (κ1) is 22.5. The Hall–Kier alpha value is -3.72. The molecule has 4 aromatic rings. The lowest BCUT2D eigenvalue weighted by molar-refractivity contribution is -0.118. The molecular weight excluding hydrogens is 529 g/mol. The maximum Gasteiger partial charge on any atom is 0.271 e. The third-order valence-electron chi connectivity index (χ3n) is 4.81. The van der Waals surface area contributed by atoms with E-state index >= 15 is 0 Å². The van der Waals surface area contributed by atoms with Crippen LogP contribution in [0.1, 0.15) is 15.9 Å². The number of fused-ring (bicyclic) bond motifs is 1. The van der Waals surface area contributed by atoms with Crippen LogP contribution in [0.5, 0.6) is 5.75 Å². The number of hydrazone groups is 1. The molecule has 0 bridgehead atoms. The molecule has 4 aromatic carbocycles. The first-order chi connectivity index (χ1) is 16.1. The summed E-state index contributed by atoms with van der Waals surface area (Å²) < 4.78 is 6.51. The van der Waals surface area contributed by atoms with Gasteiger partial charge in [0.05, 0.1) is 11.9 Å². The van der Waals surface area contributed by atoms with Crippen LogP contribution < -0.4 is 15.5 Å². The second-order valence-corrected chi connectivity index (χ2v) is 8.27. The van der Waals surface area contributed by atoms with Gasteiger partial charge in [0.2, 0.25) is 0 Å². The van der Waals surface area contributed by atoms with Crippen molar-refractivity contribution >= 4 is 57.1 Å². The summed E-state index contributed by atoms with van der Waals surface area (Å²) in [5.41, 5.74) is 4.67. The lowest BCUT2D eigenvalue weighted by Gasteiger charge is -2.09. The molecule has 0 aromatic heterocycles. The van der Waals surface area contributed by atoms with Crippen molar-refractivity contribution in [3.63, 3.8) is 0 Å². The molecule has 33 heavy (non-hydrogen) atoms. The van der Waals surface area contributed by atoms with Gasteiger partial charge in [-0.3, -0.25) is 9.59 Å². The molecule has 0 atom stereocenters. The smallest absolute Gasteiger partial charge is 0.271 e. The molecule has 0 fully saturated rings. The van der Waals surface area contributed by atoms with Crippen LogP contribution in [0.2, 0.25) is 0 Å². The zero-order valence-corrected chi connectivity index (χ0v) is 19.7. The van der Waals surface area contributed by atoms with E-state index in [1.54, 1.807) is 36.5 Å². The number of rotatable bonds is 7. The van der Waals surface area contributed by atoms with Gasteiger partial charge in [-0.1, -0.05) is 48.5 Å². The molecule has 164 valence electrons. The van der Waals surface area contributed by atoms with E-state index in [4.69, 9.17) is 4.74 Å². The summed E-state index contributed by atoms with van der Waals surface area (Å²) in [5, 5.41) is 8.75. The van der Waals surface area contributed by atoms with Crippen LogP contribution in [0.15, 0.2) is 96.1 Å². The van der Waals surface area contributed by atoms with Crippen molar-refractivity contribution in [2.45, 2.75) is 0 Å². The second kappa shape index (κ2) is 10.7. The molecule has 0 spiro atoms. The summed E-state index contributed by atoms with van der Waals surface area (Å²) in [6.45, 7) is -0.0977. The number of benzene rings is 4. The van der Waals surface area contributed by atoms with Gasteiger partial charge in [0, 0.05) is 9.13 Å². The number of hydrogen-bond donors (Lipinski definition) is 2. The molecule has 0 radical (unpaired) electrons. The van der Waals surface area contributed by atoms with E-state index in [9.17, 15) is 9.59 Å². The lowest BCUT2D eigenvalue weighted by atomic mass is 10.0. The number of halogens is 1. The van der Waals surface area contributed by atoms with Crippen molar-refractivity contribution < 1.29 is 14.3 Å². The number of ether oxygens (including phenoxy) is 1. The predicted molar refractivity (Wildman–Crippen MR) is 139 cm³/mol. The average molecular weight is 549 g/mol. The van der Waals surface area contributed by atoms with Gasteiger partial charge in [0.15, 0.2) is 6.61 Å². The maximum absolute atomic E-state index is 12.5. The summed E-state index contributed by atoms with van der Waals surface area (Å²) in [5.74, 6) is 0.0489. The summed E-state index contributed by atoms with van der Waals surface area (Å²) >= 11 is 2.16. The zero-order chi connectivity index (χ0) is 23.0. The fourth-order valence-corrected chi connectivity index (χ4v) is 3.72. The first-order valence-corrected chi connectivity index (χ1v) is 11.3. The molecule has 6 nitrogen and oxygen atoms in total. The largest absolute Gasteiger partial charge is 0.484 e. The van der Waals surface area contributed by atoms with E-state index in [1.165, 1.54) is 0 Å². The molecule has 0 aliphatic heterocycles. The Kier molecular flexibility index (Phi) is 7.31. The normalized spacial score (nSPS) is 10.8. The molecule has 0 unspecified atom stereocenters. The van der Waals surface area contributed by atoms with Gasteiger partial charge in [-0.05, 0) is 81.4 Å². The van der Waals surface area contributed by atoms with Crippen LogP contribution in [0.3, 0.4) is 0 Å². The minimum absolute atomic E-state index is 0.0977. The van der Waals surface area contributed by atoms with Crippen LogP contribution >= 0.6 is 22.6 Å². The van der Waals surface area contributed by atoms with Gasteiger partial charge in [-0.2, -0.15) is 5.10 Å². The quantitative estimate of drug-likeness (QED) is 0.188. The number of nitrogens with zero attached hydrogens (tertiary/aromatic N) is 1. The van der Waals surface area contributed by atoms with Crippen molar-refractivity contribution in [2.24, 2.45) is 5.10 Å². The second-order valence-electron chi connectivity index (χ2n) is 7.11. The standard InChI is InChI=1S/C26H20IN3O3/c27-23-10-3-4-11-24(23)29-25(31)17-33-20-14-12-18(13-15-20)16-28-30-26(32)22-9-5-7-19-6-1-2-8-21(19)22/h1-16H,17H2,(H,29,31)(H,30,32)/b28-16-. The minimum atomic E-state index is -0.276. The number of carbonyl (C=O) groups excluding carboxylic acids is 2. The van der Waals surface area contributed by atoms with E-state index in [0.29, 0.717) is 11.3 Å². The molecule has 0 heterocycles. The molecule has 0 saturated carbocycles. The molecule has 7 heteroatoms. The Morgan fingerprint density at radius 3 is 2.42 bits per heavy atom. The van der Waals surface area contributed by atoms with Gasteiger partial charge >= 0.3 is 0 Å². The first-order valence-electron chi connectivity index (χ1n) is 10.2. The molecule has 4 rings (SSSR count). The SMILES string of the molecule is O=C(COc1ccc(/C=N\NC(=O)c2cccc3ccccc23)cc1)Nc1ccccc1I. The van der Waals surface area contributed by atoms with Gasteiger partial charge in [0.25, 0.3) is 11.8 Å². The highest BCUT2D eigenvalue weighted by atomic mass is 127. The fraction of sp³-hybridized carbons (Fsp3) is 0.0385. The van der Waals surface area contributed by atoms with Gasteiger partial charge in [0.1, 0.15) is 5.75 Å². The van der Waals surface area contributed by atoms with Crippen LogP contribution in [0, 0.1) is 3.57 Å². The number of hydrogen-bond acceptors (Lipinski definition) is 4. The van der Waals surface area contributed by atoms with E-state index < -0.39 is 0 Å². The summed E-state index contributed by atoms with van der Waals surface area (Å²) in [6, 6.07) is 27.9. The molecule has 0 aliphatic rings. The van der Waals surface area contributed by atoms with E-state index in [2.05, 4.69) is 38.4 Å². The van der Waals surface area contributed by atoms with Crippen LogP contribution in [0.4, 0.5) is 5.69 Å². The number of amides is 2. The Labute approximate surface area is 204 Å². The zero-order valence-electron chi connectivity index (χ0n) is 17.5. The van der Waals surface area contributed by atoms with Gasteiger partial charge in [-0.25, -0.2) is 5.43 Å². The van der Waals surface area contributed by atoms with Crippen molar-refractivity contribution in [3.8, 4) is 5.75 Å². The monoisotopic (exact) mass is 549 g/mol. The number of para-hydroxylation sites is 1. The highest BCUT2D eigenvalue weighted by Gasteiger charge is 2.08. The molecule has 0 aliphatic carbocycles. The molecule has 0 saturated heterocycles. The number of anilines is 1. The number of carbonyl (C=O) groups is 2. The Balaban J connectivity index is 1.29. The van der Waals surface area contributed by atoms with E-state index in [1.807, 2.05) is 60.7 Å². The molecule has 2 amide bonds. The van der Waals surface area contributed by atoms with Crippen molar-refractivity contribution in [1.29, 1.82) is 0 Å². The Morgan fingerprint density at radius 2 is 1.61 bits per heavy atom. The minimum Gasteiger partial charge on any atom is -0.484 e. The van der Waals surface area contributed by atoms with Crippen LogP contribution in [0.25, 0.3) is 10.8 Å². The highest BCUT2D eigenvalue weighted by Crippen LogP contribution is 2.19. The lowest BCUT2D eigenvalue weighted by Crippen LogP contribution is -2.20. The Bertz CT molecular complexity index is 1310. The third kappa shape index (κ3) is 5.95. The van der Waals surface area contributed by atoms with Crippen molar-refractivity contribution in [3.05, 3.63) is 106 Å². The molecular formula is C26H20IN3O3. The topological polar surface area (TPSA) is 79.8 Å². The van der Waals surface area contributed by atoms with E-state index in [-0.39, 0.29) is 18.4 Å². The van der Waals surface area contributed by atoms with E-state index in [0.717, 1.165) is 25.6 Å². The summed E-state index contributed by atoms with van der Waals surface area (Å²) in [7, 11) is 0. The van der Waals surface area contributed by atoms with Gasteiger partial charge < -0.3 is 10.1 Å². The van der Waals surface area contributed by atoms with Gasteiger partial charge in [-0.15, -0.1) is 0 Å². The average Bonchev–Trinajstić information content (AvgIpc) is 2.84. The van der Waals surface area contributed by atoms with Crippen LogP contribution in [-0.2, 0) is 4.79 Å². The fourth-order valence-electron chi connectivity index (χ4n) is 3.20. The Morgan fingerprint density at radius 1 is 0.879 bits per heavy atom. The number of nitrogens with one attached hydrogen (secondary N) is 2. The summed E-state index contributed by atoms with van der Waals surface area (Å²) in [6.07, 6.45) is 1.55. The molecule has 2 N–H and O–H groups in total. The predicted octanol–water partition coefficient (Wildman–Crippen LogP) is 5.23. The van der Waals surface area contributed by atoms with Crippen molar-refractivity contribution in [1.82, 2.24) is 5.43 Å². The van der Waals surface area contributed by atoms with Crippen LogP contribution in [-0.4, -0.2) is 24.6 Å². The summed E-state index contributed by atoms with van der Waals surface area (Å²) in [4.78, 5) is 24.6. The third-order valence-corrected chi connectivity index (χ3v) is 5.75. The highest BCUT2D eigenvalue weighted by molar-refractivity contribution is 14.1. The van der Waals surface area contributed by atoms with Crippen molar-refractivity contribution in [2.75, 3.05) is 11.9 Å². The maximum atomic E-state index is 12.5.